The van der Waals surface area contributed by atoms with E-state index in [1.165, 1.54) is 0 Å². The van der Waals surface area contributed by atoms with Gasteiger partial charge in [0.2, 0.25) is 11.8 Å². The molecule has 0 radical (unpaired) electrons. The molecule has 162 valence electrons. The number of hydrogen-bond acceptors (Lipinski definition) is 3. The summed E-state index contributed by atoms with van der Waals surface area (Å²) in [5, 5.41) is 3.06. The van der Waals surface area contributed by atoms with Crippen molar-refractivity contribution < 1.29 is 9.59 Å². The van der Waals surface area contributed by atoms with E-state index in [0.717, 1.165) is 22.4 Å². The van der Waals surface area contributed by atoms with Gasteiger partial charge in [-0.05, 0) is 44.4 Å². The van der Waals surface area contributed by atoms with Gasteiger partial charge in [-0.25, -0.2) is 0 Å². The van der Waals surface area contributed by atoms with Gasteiger partial charge < -0.3 is 10.2 Å². The van der Waals surface area contributed by atoms with Gasteiger partial charge in [0.1, 0.15) is 6.04 Å². The number of nitrogens with one attached hydrogen (secondary N) is 1. The highest BCUT2D eigenvalue weighted by Crippen LogP contribution is 2.20. The number of rotatable bonds is 11. The lowest BCUT2D eigenvalue weighted by atomic mass is 10.1. The number of benzene rings is 2. The maximum absolute atomic E-state index is 13.2. The van der Waals surface area contributed by atoms with Gasteiger partial charge in [0, 0.05) is 29.7 Å². The third kappa shape index (κ3) is 7.52. The Morgan fingerprint density at radius 1 is 1.03 bits per heavy atom. The van der Waals surface area contributed by atoms with Crippen LogP contribution in [0.2, 0.25) is 0 Å². The van der Waals surface area contributed by atoms with E-state index in [1.54, 1.807) is 16.7 Å². The smallest absolute Gasteiger partial charge is 0.243 e. The summed E-state index contributed by atoms with van der Waals surface area (Å²) in [6.45, 7) is 8.49. The van der Waals surface area contributed by atoms with Crippen molar-refractivity contribution >= 4 is 23.6 Å². The molecule has 0 saturated heterocycles. The minimum absolute atomic E-state index is 0.0195. The first-order chi connectivity index (χ1) is 14.4. The van der Waals surface area contributed by atoms with Crippen LogP contribution >= 0.6 is 11.8 Å². The normalized spacial score (nSPS) is 12.8. The molecule has 0 heterocycles. The molecule has 0 aromatic heterocycles. The van der Waals surface area contributed by atoms with Crippen LogP contribution in [0, 0.1) is 6.92 Å². The zero-order chi connectivity index (χ0) is 21.9. The molecule has 0 aliphatic heterocycles. The Bertz CT molecular complexity index is 810. The van der Waals surface area contributed by atoms with E-state index in [0.29, 0.717) is 25.1 Å². The van der Waals surface area contributed by atoms with Gasteiger partial charge in [-0.3, -0.25) is 9.59 Å². The van der Waals surface area contributed by atoms with E-state index < -0.39 is 6.04 Å². The summed E-state index contributed by atoms with van der Waals surface area (Å²) in [4.78, 5) is 29.1. The van der Waals surface area contributed by atoms with E-state index in [4.69, 9.17) is 0 Å². The quantitative estimate of drug-likeness (QED) is 0.503. The summed E-state index contributed by atoms with van der Waals surface area (Å²) in [6, 6.07) is 17.9. The Kier molecular flexibility index (Phi) is 9.95. The number of thioether (sulfide) groups is 1. The van der Waals surface area contributed by atoms with Crippen LogP contribution in [0.5, 0.6) is 0 Å². The Balaban J connectivity index is 2.13. The van der Waals surface area contributed by atoms with Crippen molar-refractivity contribution in [2.75, 3.05) is 5.75 Å². The minimum atomic E-state index is -0.464. The first-order valence-corrected chi connectivity index (χ1v) is 11.8. The number of hydrogen-bond donors (Lipinski definition) is 1. The highest BCUT2D eigenvalue weighted by atomic mass is 32.2. The molecule has 5 heteroatoms. The molecule has 2 amide bonds. The lowest BCUT2D eigenvalue weighted by Crippen LogP contribution is -2.50. The molecule has 2 rings (SSSR count). The van der Waals surface area contributed by atoms with Crippen LogP contribution in [0.15, 0.2) is 59.5 Å². The average Bonchev–Trinajstić information content (AvgIpc) is 2.74. The van der Waals surface area contributed by atoms with Gasteiger partial charge in [-0.15, -0.1) is 11.8 Å². The summed E-state index contributed by atoms with van der Waals surface area (Å²) >= 11 is 1.67. The van der Waals surface area contributed by atoms with Crippen LogP contribution < -0.4 is 5.32 Å². The molecule has 1 N–H and O–H groups in total. The predicted octanol–water partition coefficient (Wildman–Crippen LogP) is 5.20. The van der Waals surface area contributed by atoms with Crippen LogP contribution in [0.1, 0.15) is 51.2 Å². The summed E-state index contributed by atoms with van der Waals surface area (Å²) in [5.41, 5.74) is 2.20. The van der Waals surface area contributed by atoms with Crippen molar-refractivity contribution in [2.24, 2.45) is 0 Å². The second kappa shape index (κ2) is 12.4. The minimum Gasteiger partial charge on any atom is -0.352 e. The third-order valence-corrected chi connectivity index (χ3v) is 6.16. The second-order valence-electron chi connectivity index (χ2n) is 7.66. The molecule has 0 aliphatic rings. The van der Waals surface area contributed by atoms with Crippen LogP contribution in [0.3, 0.4) is 0 Å². The van der Waals surface area contributed by atoms with E-state index in [9.17, 15) is 9.59 Å². The largest absolute Gasteiger partial charge is 0.352 e. The molecule has 0 saturated carbocycles. The Labute approximate surface area is 185 Å². The van der Waals surface area contributed by atoms with Gasteiger partial charge in [0.25, 0.3) is 0 Å². The number of nitrogens with zero attached hydrogens (tertiary/aromatic N) is 1. The van der Waals surface area contributed by atoms with E-state index in [2.05, 4.69) is 11.4 Å². The molecule has 2 atom stereocenters. The fourth-order valence-corrected chi connectivity index (χ4v) is 4.15. The number of amides is 2. The van der Waals surface area contributed by atoms with E-state index in [-0.39, 0.29) is 17.9 Å². The molecule has 30 heavy (non-hydrogen) atoms. The lowest BCUT2D eigenvalue weighted by molar-refractivity contribution is -0.141. The molecule has 0 fully saturated rings. The predicted molar refractivity (Wildman–Crippen MR) is 125 cm³/mol. The van der Waals surface area contributed by atoms with Gasteiger partial charge in [-0.1, -0.05) is 61.9 Å². The highest BCUT2D eigenvalue weighted by molar-refractivity contribution is 7.99. The van der Waals surface area contributed by atoms with Crippen LogP contribution in [-0.2, 0) is 16.1 Å². The molecule has 2 aromatic carbocycles. The molecule has 0 spiro atoms. The van der Waals surface area contributed by atoms with Crippen molar-refractivity contribution in [2.45, 2.75) is 70.5 Å². The maximum atomic E-state index is 13.2. The SMILES string of the molecule is CCC(C)NC(=O)C(CC)N(Cc1cccc(C)c1)C(=O)CCSc1ccccc1. The number of aryl methyl sites for hydroxylation is 1. The zero-order valence-corrected chi connectivity index (χ0v) is 19.4. The van der Waals surface area contributed by atoms with Crippen molar-refractivity contribution in [1.29, 1.82) is 0 Å². The van der Waals surface area contributed by atoms with Gasteiger partial charge in [-0.2, -0.15) is 0 Å². The number of carbonyl (C=O) groups excluding carboxylic acids is 2. The third-order valence-electron chi connectivity index (χ3n) is 5.15. The number of carbonyl (C=O) groups is 2. The van der Waals surface area contributed by atoms with Crippen LogP contribution in [0.4, 0.5) is 0 Å². The van der Waals surface area contributed by atoms with Crippen molar-refractivity contribution in [3.63, 3.8) is 0 Å². The summed E-state index contributed by atoms with van der Waals surface area (Å²) in [6.07, 6.45) is 1.85. The Morgan fingerprint density at radius 3 is 2.40 bits per heavy atom. The Morgan fingerprint density at radius 2 is 1.77 bits per heavy atom. The van der Waals surface area contributed by atoms with Crippen molar-refractivity contribution in [1.82, 2.24) is 10.2 Å². The molecule has 4 nitrogen and oxygen atoms in total. The summed E-state index contributed by atoms with van der Waals surface area (Å²) in [5.74, 6) is 0.644. The van der Waals surface area contributed by atoms with Crippen LogP contribution in [0.25, 0.3) is 0 Å². The van der Waals surface area contributed by atoms with Gasteiger partial charge in [0.05, 0.1) is 0 Å². The molecular formula is C25H34N2O2S. The molecular weight excluding hydrogens is 392 g/mol. The fourth-order valence-electron chi connectivity index (χ4n) is 3.28. The van der Waals surface area contributed by atoms with Crippen LogP contribution in [-0.4, -0.2) is 34.6 Å². The highest BCUT2D eigenvalue weighted by Gasteiger charge is 2.28. The summed E-state index contributed by atoms with van der Waals surface area (Å²) in [7, 11) is 0. The summed E-state index contributed by atoms with van der Waals surface area (Å²) < 4.78 is 0. The molecule has 2 unspecified atom stereocenters. The van der Waals surface area contributed by atoms with E-state index in [1.807, 2.05) is 76.2 Å². The van der Waals surface area contributed by atoms with E-state index >= 15 is 0 Å². The van der Waals surface area contributed by atoms with Crippen molar-refractivity contribution in [3.8, 4) is 0 Å². The molecule has 2 aromatic rings. The molecule has 0 aliphatic carbocycles. The lowest BCUT2D eigenvalue weighted by Gasteiger charge is -2.31. The zero-order valence-electron chi connectivity index (χ0n) is 18.6. The monoisotopic (exact) mass is 426 g/mol. The second-order valence-corrected chi connectivity index (χ2v) is 8.83. The first kappa shape index (κ1) is 24.0. The van der Waals surface area contributed by atoms with Gasteiger partial charge in [0.15, 0.2) is 0 Å². The maximum Gasteiger partial charge on any atom is 0.243 e. The standard InChI is InChI=1S/C25H34N2O2S/c1-5-20(4)26-25(29)23(6-2)27(18-21-12-10-11-19(3)17-21)24(28)15-16-30-22-13-8-7-9-14-22/h7-14,17,20,23H,5-6,15-16,18H2,1-4H3,(H,26,29). The fraction of sp³-hybridized carbons (Fsp3) is 0.440. The average molecular weight is 427 g/mol. The van der Waals surface area contributed by atoms with Crippen molar-refractivity contribution in [3.05, 3.63) is 65.7 Å². The Hall–Kier alpha value is -2.27. The molecule has 0 bridgehead atoms. The van der Waals surface area contributed by atoms with Gasteiger partial charge >= 0.3 is 0 Å². The topological polar surface area (TPSA) is 49.4 Å². The first-order valence-electron chi connectivity index (χ1n) is 10.8.